The van der Waals surface area contributed by atoms with Crippen LogP contribution in [0.4, 0.5) is 5.69 Å². The molecule has 0 spiro atoms. The van der Waals surface area contributed by atoms with Gasteiger partial charge in [0.05, 0.1) is 18.4 Å². The number of aliphatic hydroxyl groups is 1. The summed E-state index contributed by atoms with van der Waals surface area (Å²) in [5.74, 6) is 0.463. The maximum absolute atomic E-state index is 11.4. The molecule has 0 aromatic heterocycles. The van der Waals surface area contributed by atoms with Crippen molar-refractivity contribution in [2.75, 3.05) is 19.0 Å². The molecule has 0 saturated carbocycles. The molecular formula is C20H26N2O3. The van der Waals surface area contributed by atoms with Crippen LogP contribution in [0.25, 0.3) is 0 Å². The van der Waals surface area contributed by atoms with Crippen molar-refractivity contribution in [3.05, 3.63) is 59.7 Å². The Morgan fingerprint density at radius 1 is 1.24 bits per heavy atom. The van der Waals surface area contributed by atoms with Crippen molar-refractivity contribution in [2.45, 2.75) is 32.4 Å². The van der Waals surface area contributed by atoms with Crippen molar-refractivity contribution in [1.29, 1.82) is 0 Å². The van der Waals surface area contributed by atoms with Gasteiger partial charge in [-0.05, 0) is 37.1 Å². The molecular weight excluding hydrogens is 316 g/mol. The van der Waals surface area contributed by atoms with Crippen LogP contribution in [-0.4, -0.2) is 24.7 Å². The van der Waals surface area contributed by atoms with Gasteiger partial charge in [-0.15, -0.1) is 0 Å². The first-order valence-electron chi connectivity index (χ1n) is 8.30. The van der Waals surface area contributed by atoms with Crippen molar-refractivity contribution in [3.63, 3.8) is 0 Å². The molecule has 0 bridgehead atoms. The number of carbonyl (C=O) groups is 1. The Morgan fingerprint density at radius 3 is 2.52 bits per heavy atom. The largest absolute Gasteiger partial charge is 0.495 e. The molecule has 25 heavy (non-hydrogen) atoms. The quantitative estimate of drug-likeness (QED) is 0.722. The number of carbonyl (C=O) groups excluding carboxylic acids is 1. The van der Waals surface area contributed by atoms with Gasteiger partial charge in [-0.25, -0.2) is 0 Å². The number of benzene rings is 2. The topological polar surface area (TPSA) is 70.6 Å². The lowest BCUT2D eigenvalue weighted by molar-refractivity contribution is -0.114. The number of nitrogens with one attached hydrogen (secondary N) is 2. The molecule has 134 valence electrons. The number of methoxy groups -OCH3 is 1. The molecule has 0 heterocycles. The molecule has 2 aromatic carbocycles. The molecule has 0 aliphatic carbocycles. The predicted molar refractivity (Wildman–Crippen MR) is 99.7 cm³/mol. The van der Waals surface area contributed by atoms with Crippen LogP contribution in [-0.2, 0) is 10.4 Å². The monoisotopic (exact) mass is 342 g/mol. The Bertz CT molecular complexity index is 714. The molecule has 0 fully saturated rings. The Hall–Kier alpha value is -2.37. The van der Waals surface area contributed by atoms with Crippen molar-refractivity contribution < 1.29 is 14.6 Å². The summed E-state index contributed by atoms with van der Waals surface area (Å²) in [7, 11) is 1.57. The van der Waals surface area contributed by atoms with Gasteiger partial charge in [0.15, 0.2) is 0 Å². The van der Waals surface area contributed by atoms with E-state index in [0.717, 1.165) is 11.1 Å². The first-order chi connectivity index (χ1) is 11.8. The smallest absolute Gasteiger partial charge is 0.221 e. The maximum atomic E-state index is 11.4. The summed E-state index contributed by atoms with van der Waals surface area (Å²) in [4.78, 5) is 11.4. The molecule has 0 radical (unpaired) electrons. The number of amides is 1. The van der Waals surface area contributed by atoms with E-state index in [1.807, 2.05) is 55.5 Å². The van der Waals surface area contributed by atoms with E-state index < -0.39 is 5.60 Å². The second-order valence-corrected chi connectivity index (χ2v) is 6.38. The van der Waals surface area contributed by atoms with Gasteiger partial charge < -0.3 is 20.5 Å². The molecule has 2 aromatic rings. The SMILES string of the molecule is COc1ccc(C(C)NCC(C)(O)c2ccccc2)cc1NC(C)=O. The summed E-state index contributed by atoms with van der Waals surface area (Å²) in [5.41, 5.74) is 1.52. The fourth-order valence-corrected chi connectivity index (χ4v) is 2.65. The first kappa shape index (κ1) is 19.0. The van der Waals surface area contributed by atoms with Crippen molar-refractivity contribution >= 4 is 11.6 Å². The highest BCUT2D eigenvalue weighted by molar-refractivity contribution is 5.90. The van der Waals surface area contributed by atoms with Crippen LogP contribution in [0, 0.1) is 0 Å². The van der Waals surface area contributed by atoms with Crippen LogP contribution >= 0.6 is 0 Å². The third kappa shape index (κ3) is 5.05. The van der Waals surface area contributed by atoms with E-state index in [9.17, 15) is 9.90 Å². The summed E-state index contributed by atoms with van der Waals surface area (Å²) in [6, 6.07) is 15.2. The average Bonchev–Trinajstić information content (AvgIpc) is 2.60. The minimum Gasteiger partial charge on any atom is -0.495 e. The predicted octanol–water partition coefficient (Wildman–Crippen LogP) is 3.21. The molecule has 0 aliphatic rings. The minimum atomic E-state index is -0.970. The summed E-state index contributed by atoms with van der Waals surface area (Å²) >= 11 is 0. The molecule has 0 saturated heterocycles. The van der Waals surface area contributed by atoms with Gasteiger partial charge in [-0.2, -0.15) is 0 Å². The second kappa shape index (κ2) is 8.14. The summed E-state index contributed by atoms with van der Waals surface area (Å²) in [6.45, 7) is 5.67. The molecule has 2 rings (SSSR count). The molecule has 1 amide bonds. The van der Waals surface area contributed by atoms with E-state index in [1.165, 1.54) is 6.92 Å². The van der Waals surface area contributed by atoms with Crippen molar-refractivity contribution in [3.8, 4) is 5.75 Å². The fourth-order valence-electron chi connectivity index (χ4n) is 2.65. The summed E-state index contributed by atoms with van der Waals surface area (Å²) in [5, 5.41) is 16.8. The molecule has 5 heteroatoms. The van der Waals surface area contributed by atoms with E-state index in [2.05, 4.69) is 10.6 Å². The van der Waals surface area contributed by atoms with Crippen LogP contribution in [0.3, 0.4) is 0 Å². The zero-order valence-electron chi connectivity index (χ0n) is 15.2. The highest BCUT2D eigenvalue weighted by Crippen LogP contribution is 2.28. The standard InChI is InChI=1S/C20H26N2O3/c1-14(21-13-20(3,24)17-8-6-5-7-9-17)16-10-11-19(25-4)18(12-16)22-15(2)23/h5-12,14,21,24H,13H2,1-4H3,(H,22,23). The Labute approximate surface area is 149 Å². The third-order valence-corrected chi connectivity index (χ3v) is 4.18. The zero-order chi connectivity index (χ0) is 18.4. The molecule has 5 nitrogen and oxygen atoms in total. The average molecular weight is 342 g/mol. The van der Waals surface area contributed by atoms with Gasteiger partial charge >= 0.3 is 0 Å². The minimum absolute atomic E-state index is 0.00592. The third-order valence-electron chi connectivity index (χ3n) is 4.18. The van der Waals surface area contributed by atoms with E-state index in [0.29, 0.717) is 18.0 Å². The summed E-state index contributed by atoms with van der Waals surface area (Å²) < 4.78 is 5.28. The lowest BCUT2D eigenvalue weighted by atomic mass is 9.95. The zero-order valence-corrected chi connectivity index (χ0v) is 15.2. The van der Waals surface area contributed by atoms with Crippen LogP contribution in [0.5, 0.6) is 5.75 Å². The lowest BCUT2D eigenvalue weighted by Gasteiger charge is -2.27. The van der Waals surface area contributed by atoms with Crippen LogP contribution < -0.4 is 15.4 Å². The van der Waals surface area contributed by atoms with Crippen molar-refractivity contribution in [2.24, 2.45) is 0 Å². The number of hydrogen-bond donors (Lipinski definition) is 3. The molecule has 3 N–H and O–H groups in total. The summed E-state index contributed by atoms with van der Waals surface area (Å²) in [6.07, 6.45) is 0. The first-order valence-corrected chi connectivity index (χ1v) is 8.30. The highest BCUT2D eigenvalue weighted by Gasteiger charge is 2.23. The molecule has 2 unspecified atom stereocenters. The number of rotatable bonds is 7. The number of hydrogen-bond acceptors (Lipinski definition) is 4. The van der Waals surface area contributed by atoms with Gasteiger partial charge in [-0.3, -0.25) is 4.79 Å². The number of ether oxygens (including phenoxy) is 1. The van der Waals surface area contributed by atoms with E-state index in [-0.39, 0.29) is 11.9 Å². The van der Waals surface area contributed by atoms with Gasteiger partial charge in [0.25, 0.3) is 0 Å². The highest BCUT2D eigenvalue weighted by atomic mass is 16.5. The Kier molecular flexibility index (Phi) is 6.17. The maximum Gasteiger partial charge on any atom is 0.221 e. The fraction of sp³-hybridized carbons (Fsp3) is 0.350. The number of anilines is 1. The lowest BCUT2D eigenvalue weighted by Crippen LogP contribution is -2.36. The second-order valence-electron chi connectivity index (χ2n) is 6.38. The van der Waals surface area contributed by atoms with Crippen LogP contribution in [0.1, 0.15) is 37.9 Å². The van der Waals surface area contributed by atoms with Crippen molar-refractivity contribution in [1.82, 2.24) is 5.32 Å². The Morgan fingerprint density at radius 2 is 1.92 bits per heavy atom. The van der Waals surface area contributed by atoms with E-state index >= 15 is 0 Å². The van der Waals surface area contributed by atoms with Gasteiger partial charge in [-0.1, -0.05) is 36.4 Å². The molecule has 2 atom stereocenters. The van der Waals surface area contributed by atoms with Gasteiger partial charge in [0.1, 0.15) is 5.75 Å². The van der Waals surface area contributed by atoms with E-state index in [1.54, 1.807) is 14.0 Å². The van der Waals surface area contributed by atoms with E-state index in [4.69, 9.17) is 4.74 Å². The van der Waals surface area contributed by atoms with Gasteiger partial charge in [0, 0.05) is 19.5 Å². The van der Waals surface area contributed by atoms with Crippen LogP contribution in [0.15, 0.2) is 48.5 Å². The van der Waals surface area contributed by atoms with Crippen LogP contribution in [0.2, 0.25) is 0 Å². The Balaban J connectivity index is 2.10. The molecule has 0 aliphatic heterocycles. The normalized spacial score (nSPS) is 14.4. The van der Waals surface area contributed by atoms with Gasteiger partial charge in [0.2, 0.25) is 5.91 Å².